The van der Waals surface area contributed by atoms with Crippen molar-refractivity contribution < 1.29 is 14.7 Å². The molecule has 1 aliphatic rings. The zero-order valence-corrected chi connectivity index (χ0v) is 8.67. The number of pyridine rings is 1. The Hall–Kier alpha value is -1.91. The number of carbonyl (C=O) groups is 2. The molecule has 0 spiro atoms. The van der Waals surface area contributed by atoms with Gasteiger partial charge in [0.2, 0.25) is 0 Å². The van der Waals surface area contributed by atoms with Crippen LogP contribution in [0.25, 0.3) is 0 Å². The van der Waals surface area contributed by atoms with E-state index in [0.29, 0.717) is 5.69 Å². The fraction of sp³-hybridized carbons (Fsp3) is 0.364. The molecule has 5 nitrogen and oxygen atoms in total. The molecule has 1 N–H and O–H groups in total. The Kier molecular flexibility index (Phi) is 2.85. The maximum absolute atomic E-state index is 12.0. The van der Waals surface area contributed by atoms with Crippen molar-refractivity contribution in [2.45, 2.75) is 18.9 Å². The number of hydrogen-bond donors (Lipinski definition) is 1. The van der Waals surface area contributed by atoms with Crippen LogP contribution in [0, 0.1) is 0 Å². The third-order valence-electron chi connectivity index (χ3n) is 2.44. The molecule has 0 aromatic carbocycles. The molecule has 1 heterocycles. The Morgan fingerprint density at radius 3 is 2.69 bits per heavy atom. The lowest BCUT2D eigenvalue weighted by Gasteiger charge is -2.19. The number of carboxylic acids is 1. The molecule has 0 unspecified atom stereocenters. The van der Waals surface area contributed by atoms with Gasteiger partial charge in [0.15, 0.2) is 0 Å². The summed E-state index contributed by atoms with van der Waals surface area (Å²) in [5.41, 5.74) is 0.302. The molecule has 1 aliphatic carbocycles. The summed E-state index contributed by atoms with van der Waals surface area (Å²) in [6.45, 7) is -0.250. The Bertz CT molecular complexity index is 401. The highest BCUT2D eigenvalue weighted by Gasteiger charge is 2.34. The van der Waals surface area contributed by atoms with Crippen molar-refractivity contribution in [3.63, 3.8) is 0 Å². The minimum absolute atomic E-state index is 0.0746. The van der Waals surface area contributed by atoms with Crippen molar-refractivity contribution in [3.05, 3.63) is 30.1 Å². The lowest BCUT2D eigenvalue weighted by molar-refractivity contribution is -0.137. The van der Waals surface area contributed by atoms with E-state index in [1.807, 2.05) is 0 Å². The molecule has 0 aliphatic heterocycles. The molecule has 0 bridgehead atoms. The molecular formula is C11H12N2O3. The zero-order chi connectivity index (χ0) is 11.5. The van der Waals surface area contributed by atoms with E-state index in [-0.39, 0.29) is 18.5 Å². The first-order valence-electron chi connectivity index (χ1n) is 5.12. The van der Waals surface area contributed by atoms with Crippen molar-refractivity contribution in [2.75, 3.05) is 6.54 Å². The van der Waals surface area contributed by atoms with Gasteiger partial charge < -0.3 is 10.0 Å². The minimum Gasteiger partial charge on any atom is -0.480 e. The van der Waals surface area contributed by atoms with Crippen LogP contribution in [0.1, 0.15) is 23.3 Å². The van der Waals surface area contributed by atoms with E-state index in [1.165, 1.54) is 11.1 Å². The van der Waals surface area contributed by atoms with Crippen molar-refractivity contribution in [1.29, 1.82) is 0 Å². The van der Waals surface area contributed by atoms with Crippen LogP contribution in [-0.4, -0.2) is 39.5 Å². The van der Waals surface area contributed by atoms with Gasteiger partial charge in [0.05, 0.1) is 0 Å². The highest BCUT2D eigenvalue weighted by atomic mass is 16.4. The molecule has 0 radical (unpaired) electrons. The van der Waals surface area contributed by atoms with Gasteiger partial charge in [0, 0.05) is 12.2 Å². The topological polar surface area (TPSA) is 70.5 Å². The molecular weight excluding hydrogens is 208 g/mol. The summed E-state index contributed by atoms with van der Waals surface area (Å²) in [6.07, 6.45) is 3.29. The maximum atomic E-state index is 12.0. The maximum Gasteiger partial charge on any atom is 0.323 e. The van der Waals surface area contributed by atoms with E-state index in [9.17, 15) is 9.59 Å². The van der Waals surface area contributed by atoms with Crippen LogP contribution in [-0.2, 0) is 4.79 Å². The van der Waals surface area contributed by atoms with Gasteiger partial charge in [-0.1, -0.05) is 6.07 Å². The van der Waals surface area contributed by atoms with E-state index >= 15 is 0 Å². The van der Waals surface area contributed by atoms with Gasteiger partial charge in [-0.3, -0.25) is 14.6 Å². The summed E-state index contributed by atoms with van der Waals surface area (Å²) in [4.78, 5) is 27.9. The quantitative estimate of drug-likeness (QED) is 0.813. The molecule has 16 heavy (non-hydrogen) atoms. The predicted molar refractivity (Wildman–Crippen MR) is 55.9 cm³/mol. The average Bonchev–Trinajstić information content (AvgIpc) is 3.10. The van der Waals surface area contributed by atoms with E-state index in [2.05, 4.69) is 4.98 Å². The molecule has 5 heteroatoms. The fourth-order valence-corrected chi connectivity index (χ4v) is 1.54. The molecule has 1 saturated carbocycles. The number of aliphatic carboxylic acids is 1. The summed E-state index contributed by atoms with van der Waals surface area (Å²) in [5, 5.41) is 8.74. The molecule has 0 atom stereocenters. The molecule has 0 saturated heterocycles. The van der Waals surface area contributed by atoms with Gasteiger partial charge in [-0.15, -0.1) is 0 Å². The van der Waals surface area contributed by atoms with Crippen molar-refractivity contribution in [2.24, 2.45) is 0 Å². The standard InChI is InChI=1S/C11H12N2O3/c14-10(15)7-13(8-4-5-8)11(16)9-3-1-2-6-12-9/h1-3,6,8H,4-5,7H2,(H,14,15). The highest BCUT2D eigenvalue weighted by molar-refractivity contribution is 5.94. The SMILES string of the molecule is O=C(O)CN(C(=O)c1ccccn1)C1CC1. The van der Waals surface area contributed by atoms with Crippen LogP contribution in [0.3, 0.4) is 0 Å². The average molecular weight is 220 g/mol. The number of carbonyl (C=O) groups excluding carboxylic acids is 1. The second-order valence-electron chi connectivity index (χ2n) is 3.77. The molecule has 1 amide bonds. The first-order chi connectivity index (χ1) is 7.68. The third kappa shape index (κ3) is 2.36. The first kappa shape index (κ1) is 10.6. The second kappa shape index (κ2) is 4.30. The summed E-state index contributed by atoms with van der Waals surface area (Å²) >= 11 is 0. The largest absolute Gasteiger partial charge is 0.480 e. The summed E-state index contributed by atoms with van der Waals surface area (Å²) in [7, 11) is 0. The van der Waals surface area contributed by atoms with Crippen molar-refractivity contribution in [3.8, 4) is 0 Å². The summed E-state index contributed by atoms with van der Waals surface area (Å²) < 4.78 is 0. The van der Waals surface area contributed by atoms with Crippen LogP contribution in [0.15, 0.2) is 24.4 Å². The number of amides is 1. The van der Waals surface area contributed by atoms with Crippen LogP contribution in [0.5, 0.6) is 0 Å². The van der Waals surface area contributed by atoms with Crippen LogP contribution in [0.4, 0.5) is 0 Å². The Morgan fingerprint density at radius 2 is 2.19 bits per heavy atom. The van der Waals surface area contributed by atoms with Gasteiger partial charge in [-0.05, 0) is 25.0 Å². The highest BCUT2D eigenvalue weighted by Crippen LogP contribution is 2.27. The van der Waals surface area contributed by atoms with Gasteiger partial charge in [0.1, 0.15) is 12.2 Å². The van der Waals surface area contributed by atoms with E-state index in [4.69, 9.17) is 5.11 Å². The number of carboxylic acid groups (broad SMARTS) is 1. The number of nitrogens with zero attached hydrogens (tertiary/aromatic N) is 2. The first-order valence-corrected chi connectivity index (χ1v) is 5.12. The van der Waals surface area contributed by atoms with Gasteiger partial charge in [-0.25, -0.2) is 0 Å². The number of hydrogen-bond acceptors (Lipinski definition) is 3. The smallest absolute Gasteiger partial charge is 0.323 e. The van der Waals surface area contributed by atoms with E-state index in [0.717, 1.165) is 12.8 Å². The minimum atomic E-state index is -0.990. The predicted octanol–water partition coefficient (Wildman–Crippen LogP) is 0.771. The van der Waals surface area contributed by atoms with E-state index in [1.54, 1.807) is 18.2 Å². The number of aromatic nitrogens is 1. The normalized spacial score (nSPS) is 14.5. The second-order valence-corrected chi connectivity index (χ2v) is 3.77. The van der Waals surface area contributed by atoms with Gasteiger partial charge in [0.25, 0.3) is 5.91 Å². The third-order valence-corrected chi connectivity index (χ3v) is 2.44. The molecule has 84 valence electrons. The van der Waals surface area contributed by atoms with Gasteiger partial charge in [-0.2, -0.15) is 0 Å². The van der Waals surface area contributed by atoms with Crippen LogP contribution in [0.2, 0.25) is 0 Å². The van der Waals surface area contributed by atoms with Crippen molar-refractivity contribution in [1.82, 2.24) is 9.88 Å². The van der Waals surface area contributed by atoms with Crippen LogP contribution < -0.4 is 0 Å². The molecule has 1 aromatic rings. The molecule has 1 aromatic heterocycles. The number of rotatable bonds is 4. The van der Waals surface area contributed by atoms with Crippen molar-refractivity contribution >= 4 is 11.9 Å². The molecule has 1 fully saturated rings. The lowest BCUT2D eigenvalue weighted by atomic mass is 10.3. The van der Waals surface area contributed by atoms with Gasteiger partial charge >= 0.3 is 5.97 Å². The summed E-state index contributed by atoms with van der Waals surface area (Å²) in [5.74, 6) is -1.29. The Labute approximate surface area is 92.7 Å². The summed E-state index contributed by atoms with van der Waals surface area (Å²) in [6, 6.07) is 5.10. The van der Waals surface area contributed by atoms with Crippen LogP contribution >= 0.6 is 0 Å². The monoisotopic (exact) mass is 220 g/mol. The fourth-order valence-electron chi connectivity index (χ4n) is 1.54. The zero-order valence-electron chi connectivity index (χ0n) is 8.67. The molecule has 2 rings (SSSR count). The Balaban J connectivity index is 2.14. The van der Waals surface area contributed by atoms with E-state index < -0.39 is 5.97 Å². The lowest BCUT2D eigenvalue weighted by Crippen LogP contribution is -2.37. The Morgan fingerprint density at radius 1 is 1.44 bits per heavy atom.